The molecular formula is C15H18Si. The molecule has 2 aromatic rings. The molecule has 0 amide bonds. The quantitative estimate of drug-likeness (QED) is 0.703. The molecule has 0 heterocycles. The third-order valence-electron chi connectivity index (χ3n) is 2.98. The minimum absolute atomic E-state index is 0.950. The monoisotopic (exact) mass is 226 g/mol. The predicted octanol–water partition coefficient (Wildman–Crippen LogP) is 2.44. The van der Waals surface area contributed by atoms with Crippen LogP contribution in [-0.4, -0.2) is 8.80 Å². The van der Waals surface area contributed by atoms with Gasteiger partial charge in [0.15, 0.2) is 0 Å². The first kappa shape index (κ1) is 11.2. The van der Waals surface area contributed by atoms with Crippen molar-refractivity contribution >= 4 is 19.2 Å². The third-order valence-corrected chi connectivity index (χ3v) is 6.52. The summed E-state index contributed by atoms with van der Waals surface area (Å²) in [4.78, 5) is 0. The molecule has 0 bridgehead atoms. The number of benzene rings is 2. The van der Waals surface area contributed by atoms with Gasteiger partial charge < -0.3 is 0 Å². The fraction of sp³-hybridized carbons (Fsp3) is 0.200. The molecule has 0 saturated carbocycles. The molecule has 0 radical (unpaired) electrons. The molecule has 16 heavy (non-hydrogen) atoms. The van der Waals surface area contributed by atoms with Crippen molar-refractivity contribution in [2.45, 2.75) is 19.4 Å². The van der Waals surface area contributed by atoms with Gasteiger partial charge in [-0.3, -0.25) is 0 Å². The van der Waals surface area contributed by atoms with Crippen molar-refractivity contribution in [2.24, 2.45) is 0 Å². The molecule has 1 heteroatoms. The van der Waals surface area contributed by atoms with Crippen LogP contribution < -0.4 is 10.4 Å². The highest BCUT2D eigenvalue weighted by Crippen LogP contribution is 2.00. The zero-order valence-electron chi connectivity index (χ0n) is 9.77. The van der Waals surface area contributed by atoms with E-state index in [2.05, 4.69) is 67.6 Å². The zero-order chi connectivity index (χ0) is 11.2. The van der Waals surface area contributed by atoms with E-state index in [0.717, 1.165) is 0 Å². The Labute approximate surface area is 99.6 Å². The van der Waals surface area contributed by atoms with Crippen LogP contribution in [-0.2, 0) is 0 Å². The first-order valence-electron chi connectivity index (χ1n) is 6.01. The lowest BCUT2D eigenvalue weighted by Gasteiger charge is -2.15. The van der Waals surface area contributed by atoms with Gasteiger partial charge in [-0.2, -0.15) is 0 Å². The highest BCUT2D eigenvalue weighted by molar-refractivity contribution is 6.85. The van der Waals surface area contributed by atoms with Crippen molar-refractivity contribution in [2.75, 3.05) is 0 Å². The average molecular weight is 226 g/mol. The first-order valence-corrected chi connectivity index (χ1v) is 7.99. The Morgan fingerprint density at radius 2 is 1.19 bits per heavy atom. The van der Waals surface area contributed by atoms with Gasteiger partial charge in [-0.25, -0.2) is 0 Å². The van der Waals surface area contributed by atoms with E-state index in [4.69, 9.17) is 0 Å². The Hall–Kier alpha value is -1.34. The largest absolute Gasteiger partial charge is 0.103 e. The molecule has 0 saturated heterocycles. The van der Waals surface area contributed by atoms with Gasteiger partial charge in [-0.15, -0.1) is 0 Å². The second kappa shape index (κ2) is 5.66. The van der Waals surface area contributed by atoms with Crippen LogP contribution in [0.25, 0.3) is 0 Å². The predicted molar refractivity (Wildman–Crippen MR) is 74.4 cm³/mol. The SMILES string of the molecule is CCC[SiH](c1ccccc1)c1ccccc1. The molecule has 2 aromatic carbocycles. The molecule has 0 fully saturated rings. The minimum atomic E-state index is -0.950. The lowest BCUT2D eigenvalue weighted by molar-refractivity contribution is 1.07. The molecular weight excluding hydrogens is 208 g/mol. The van der Waals surface area contributed by atoms with Crippen molar-refractivity contribution in [3.05, 3.63) is 60.7 Å². The molecule has 0 aliphatic carbocycles. The van der Waals surface area contributed by atoms with Crippen LogP contribution in [0.1, 0.15) is 13.3 Å². The number of rotatable bonds is 4. The maximum Gasteiger partial charge on any atom is 0.103 e. The van der Waals surface area contributed by atoms with Crippen molar-refractivity contribution < 1.29 is 0 Å². The summed E-state index contributed by atoms with van der Waals surface area (Å²) in [6.07, 6.45) is 1.28. The van der Waals surface area contributed by atoms with Gasteiger partial charge in [0.2, 0.25) is 0 Å². The minimum Gasteiger partial charge on any atom is -0.0656 e. The summed E-state index contributed by atoms with van der Waals surface area (Å²) in [7, 11) is -0.950. The average Bonchev–Trinajstić information content (AvgIpc) is 2.38. The summed E-state index contributed by atoms with van der Waals surface area (Å²) in [6.45, 7) is 2.28. The lowest BCUT2D eigenvalue weighted by Crippen LogP contribution is -2.41. The Morgan fingerprint density at radius 3 is 1.56 bits per heavy atom. The summed E-state index contributed by atoms with van der Waals surface area (Å²) in [6, 6.07) is 23.4. The molecule has 0 unspecified atom stereocenters. The Kier molecular flexibility index (Phi) is 3.95. The number of hydrogen-bond acceptors (Lipinski definition) is 0. The molecule has 0 spiro atoms. The van der Waals surface area contributed by atoms with E-state index in [1.165, 1.54) is 12.5 Å². The summed E-state index contributed by atoms with van der Waals surface area (Å²) in [5.41, 5.74) is 0. The van der Waals surface area contributed by atoms with E-state index in [-0.39, 0.29) is 0 Å². The fourth-order valence-electron chi connectivity index (χ4n) is 2.19. The van der Waals surface area contributed by atoms with Crippen molar-refractivity contribution in [3.63, 3.8) is 0 Å². The van der Waals surface area contributed by atoms with Gasteiger partial charge in [0.1, 0.15) is 8.80 Å². The van der Waals surface area contributed by atoms with E-state index < -0.39 is 8.80 Å². The van der Waals surface area contributed by atoms with E-state index in [9.17, 15) is 0 Å². The standard InChI is InChI=1S/C15H18Si/c1-2-13-16(14-9-5-3-6-10-14)15-11-7-4-8-12-15/h3-12,16H,2,13H2,1H3. The molecule has 2 rings (SSSR count). The van der Waals surface area contributed by atoms with Crippen LogP contribution >= 0.6 is 0 Å². The van der Waals surface area contributed by atoms with Crippen LogP contribution in [0.5, 0.6) is 0 Å². The molecule has 0 aliphatic rings. The number of hydrogen-bond donors (Lipinski definition) is 0. The van der Waals surface area contributed by atoms with Crippen LogP contribution in [0.4, 0.5) is 0 Å². The highest BCUT2D eigenvalue weighted by atomic mass is 28.3. The van der Waals surface area contributed by atoms with Crippen molar-refractivity contribution in [3.8, 4) is 0 Å². The topological polar surface area (TPSA) is 0 Å². The summed E-state index contributed by atoms with van der Waals surface area (Å²) in [5, 5.41) is 3.13. The van der Waals surface area contributed by atoms with E-state index in [1.54, 1.807) is 10.4 Å². The van der Waals surface area contributed by atoms with Gasteiger partial charge >= 0.3 is 0 Å². The Balaban J connectivity index is 2.31. The van der Waals surface area contributed by atoms with E-state index >= 15 is 0 Å². The van der Waals surface area contributed by atoms with Gasteiger partial charge in [0.05, 0.1) is 0 Å². The summed E-state index contributed by atoms with van der Waals surface area (Å²) >= 11 is 0. The Morgan fingerprint density at radius 1 is 0.750 bits per heavy atom. The Bertz CT molecular complexity index is 368. The zero-order valence-corrected chi connectivity index (χ0v) is 10.9. The second-order valence-corrected chi connectivity index (χ2v) is 7.18. The van der Waals surface area contributed by atoms with Crippen LogP contribution in [0.15, 0.2) is 60.7 Å². The summed E-state index contributed by atoms with van der Waals surface area (Å²) < 4.78 is 0. The smallest absolute Gasteiger partial charge is 0.0656 e. The van der Waals surface area contributed by atoms with Crippen LogP contribution in [0.3, 0.4) is 0 Å². The molecule has 0 aliphatic heterocycles. The maximum atomic E-state index is 2.29. The van der Waals surface area contributed by atoms with E-state index in [1.807, 2.05) is 0 Å². The van der Waals surface area contributed by atoms with Gasteiger partial charge in [0.25, 0.3) is 0 Å². The molecule has 82 valence electrons. The highest BCUT2D eigenvalue weighted by Gasteiger charge is 2.13. The first-order chi connectivity index (χ1) is 7.92. The van der Waals surface area contributed by atoms with E-state index in [0.29, 0.717) is 0 Å². The fourth-order valence-corrected chi connectivity index (χ4v) is 5.19. The van der Waals surface area contributed by atoms with Gasteiger partial charge in [0, 0.05) is 0 Å². The molecule has 0 aromatic heterocycles. The third kappa shape index (κ3) is 2.61. The molecule has 0 nitrogen and oxygen atoms in total. The summed E-state index contributed by atoms with van der Waals surface area (Å²) in [5.74, 6) is 0. The van der Waals surface area contributed by atoms with Crippen molar-refractivity contribution in [1.29, 1.82) is 0 Å². The molecule has 0 atom stereocenters. The van der Waals surface area contributed by atoms with Gasteiger partial charge in [-0.05, 0) is 0 Å². The van der Waals surface area contributed by atoms with Crippen LogP contribution in [0, 0.1) is 0 Å². The normalized spacial score (nSPS) is 10.6. The molecule has 0 N–H and O–H groups in total. The van der Waals surface area contributed by atoms with Gasteiger partial charge in [-0.1, -0.05) is 90.4 Å². The lowest BCUT2D eigenvalue weighted by atomic mass is 10.4. The van der Waals surface area contributed by atoms with Crippen molar-refractivity contribution in [1.82, 2.24) is 0 Å². The second-order valence-electron chi connectivity index (χ2n) is 4.16. The maximum absolute atomic E-state index is 2.29. The van der Waals surface area contributed by atoms with Crippen LogP contribution in [0.2, 0.25) is 6.04 Å².